The minimum Gasteiger partial charge on any atom is -0.376 e. The Hall–Kier alpha value is -1.34. The summed E-state index contributed by atoms with van der Waals surface area (Å²) >= 11 is 0. The van der Waals surface area contributed by atoms with Gasteiger partial charge in [0.2, 0.25) is 0 Å². The van der Waals surface area contributed by atoms with Gasteiger partial charge in [-0.15, -0.1) is 5.92 Å². The smallest absolute Gasteiger partial charge is 0.142 e. The van der Waals surface area contributed by atoms with Crippen LogP contribution in [0.4, 0.5) is 0 Å². The van der Waals surface area contributed by atoms with Crippen LogP contribution in [0.1, 0.15) is 20.3 Å². The molecule has 0 amide bonds. The molecule has 0 saturated heterocycles. The first-order valence-electron chi connectivity index (χ1n) is 4.19. The Bertz CT molecular complexity index is 305. The molecule has 0 spiro atoms. The van der Waals surface area contributed by atoms with Crippen molar-refractivity contribution in [1.29, 1.82) is 0 Å². The van der Waals surface area contributed by atoms with E-state index < -0.39 is 5.60 Å². The molecular weight excluding hydrogens is 166 g/mol. The third-order valence-corrected chi connectivity index (χ3v) is 1.47. The second kappa shape index (κ2) is 4.06. The Kier molecular flexibility index (Phi) is 3.04. The van der Waals surface area contributed by atoms with E-state index >= 15 is 0 Å². The van der Waals surface area contributed by atoms with E-state index in [1.807, 2.05) is 6.92 Å². The molecule has 1 N–H and O–H groups in total. The maximum atomic E-state index is 9.76. The highest BCUT2D eigenvalue weighted by atomic mass is 16.3. The third-order valence-electron chi connectivity index (χ3n) is 1.47. The van der Waals surface area contributed by atoms with E-state index in [0.29, 0.717) is 6.54 Å². The molecule has 70 valence electrons. The van der Waals surface area contributed by atoms with Gasteiger partial charge in [-0.3, -0.25) is 0 Å². The van der Waals surface area contributed by atoms with Gasteiger partial charge in [-0.1, -0.05) is 12.8 Å². The van der Waals surface area contributed by atoms with E-state index in [4.69, 9.17) is 0 Å². The number of hydrogen-bond acceptors (Lipinski definition) is 3. The molecule has 0 aromatic carbocycles. The molecule has 1 heterocycles. The van der Waals surface area contributed by atoms with E-state index in [1.54, 1.807) is 17.9 Å². The quantitative estimate of drug-likeness (QED) is 0.670. The number of aliphatic hydroxyl groups is 1. The predicted octanol–water partition coefficient (Wildman–Crippen LogP) is 0.442. The van der Waals surface area contributed by atoms with Gasteiger partial charge >= 0.3 is 0 Å². The standard InChI is InChI=1S/C9H13N3O/c1-3-4-5-9(2,13)6-12-8-10-7-11-12/h7-8,13H,3,6H2,1-2H3. The Labute approximate surface area is 77.6 Å². The number of hydrogen-bond donors (Lipinski definition) is 1. The zero-order valence-electron chi connectivity index (χ0n) is 7.86. The number of nitrogens with zero attached hydrogens (tertiary/aromatic N) is 3. The lowest BCUT2D eigenvalue weighted by Gasteiger charge is -2.15. The van der Waals surface area contributed by atoms with E-state index in [0.717, 1.165) is 6.42 Å². The van der Waals surface area contributed by atoms with Crippen LogP contribution in [0.2, 0.25) is 0 Å². The fourth-order valence-corrected chi connectivity index (χ4v) is 0.948. The third kappa shape index (κ3) is 3.26. The van der Waals surface area contributed by atoms with E-state index in [9.17, 15) is 5.11 Å². The predicted molar refractivity (Wildman–Crippen MR) is 48.7 cm³/mol. The Morgan fingerprint density at radius 2 is 2.38 bits per heavy atom. The van der Waals surface area contributed by atoms with Crippen LogP contribution in [-0.4, -0.2) is 25.5 Å². The highest BCUT2D eigenvalue weighted by Gasteiger charge is 2.17. The van der Waals surface area contributed by atoms with Crippen molar-refractivity contribution < 1.29 is 5.11 Å². The van der Waals surface area contributed by atoms with Crippen LogP contribution in [0.3, 0.4) is 0 Å². The first kappa shape index (κ1) is 9.75. The summed E-state index contributed by atoms with van der Waals surface area (Å²) in [7, 11) is 0. The van der Waals surface area contributed by atoms with Crippen molar-refractivity contribution in [1.82, 2.24) is 14.8 Å². The van der Waals surface area contributed by atoms with Gasteiger partial charge in [-0.05, 0) is 6.92 Å². The molecule has 1 atom stereocenters. The first-order chi connectivity index (χ1) is 6.14. The molecule has 0 aliphatic carbocycles. The summed E-state index contributed by atoms with van der Waals surface area (Å²) < 4.78 is 1.56. The fourth-order valence-electron chi connectivity index (χ4n) is 0.948. The fraction of sp³-hybridized carbons (Fsp3) is 0.556. The SMILES string of the molecule is CCC#CC(C)(O)Cn1cncn1. The Morgan fingerprint density at radius 3 is 2.92 bits per heavy atom. The number of rotatable bonds is 2. The lowest BCUT2D eigenvalue weighted by molar-refractivity contribution is 0.0975. The molecule has 4 nitrogen and oxygen atoms in total. The molecule has 0 bridgehead atoms. The molecule has 1 rings (SSSR count). The van der Waals surface area contributed by atoms with Crippen molar-refractivity contribution in [3.8, 4) is 11.8 Å². The number of aromatic nitrogens is 3. The van der Waals surface area contributed by atoms with Crippen molar-refractivity contribution in [2.45, 2.75) is 32.4 Å². The highest BCUT2D eigenvalue weighted by molar-refractivity contribution is 5.11. The van der Waals surface area contributed by atoms with Gasteiger partial charge in [0, 0.05) is 6.42 Å². The van der Waals surface area contributed by atoms with Gasteiger partial charge in [0.1, 0.15) is 18.3 Å². The van der Waals surface area contributed by atoms with Gasteiger partial charge in [0.25, 0.3) is 0 Å². The monoisotopic (exact) mass is 179 g/mol. The summed E-state index contributed by atoms with van der Waals surface area (Å²) in [5.74, 6) is 5.60. The molecule has 1 aromatic heterocycles. The maximum Gasteiger partial charge on any atom is 0.142 e. The van der Waals surface area contributed by atoms with E-state index in [-0.39, 0.29) is 0 Å². The van der Waals surface area contributed by atoms with Gasteiger partial charge in [-0.25, -0.2) is 9.67 Å². The van der Waals surface area contributed by atoms with Crippen molar-refractivity contribution in [3.63, 3.8) is 0 Å². The van der Waals surface area contributed by atoms with Gasteiger partial charge in [0.15, 0.2) is 0 Å². The molecule has 1 unspecified atom stereocenters. The molecule has 13 heavy (non-hydrogen) atoms. The largest absolute Gasteiger partial charge is 0.376 e. The minimum absolute atomic E-state index is 0.347. The second-order valence-corrected chi connectivity index (χ2v) is 3.02. The van der Waals surface area contributed by atoms with Crippen LogP contribution in [0.25, 0.3) is 0 Å². The summed E-state index contributed by atoms with van der Waals surface area (Å²) in [6.45, 7) is 3.95. The maximum absolute atomic E-state index is 9.76. The van der Waals surface area contributed by atoms with Crippen LogP contribution >= 0.6 is 0 Å². The normalized spacial score (nSPS) is 14.4. The lowest BCUT2D eigenvalue weighted by atomic mass is 10.1. The Balaban J connectivity index is 2.62. The minimum atomic E-state index is -1.02. The molecule has 1 aromatic rings. The van der Waals surface area contributed by atoms with Crippen molar-refractivity contribution in [3.05, 3.63) is 12.7 Å². The summed E-state index contributed by atoms with van der Waals surface area (Å²) in [5.41, 5.74) is -1.02. The summed E-state index contributed by atoms with van der Waals surface area (Å²) in [6, 6.07) is 0. The van der Waals surface area contributed by atoms with E-state index in [2.05, 4.69) is 21.9 Å². The zero-order chi connectivity index (χ0) is 9.73. The zero-order valence-corrected chi connectivity index (χ0v) is 7.86. The average Bonchev–Trinajstić information content (AvgIpc) is 2.52. The van der Waals surface area contributed by atoms with Crippen LogP contribution in [0, 0.1) is 11.8 Å². The van der Waals surface area contributed by atoms with Crippen LogP contribution in [0.15, 0.2) is 12.7 Å². The van der Waals surface area contributed by atoms with Crippen molar-refractivity contribution in [2.75, 3.05) is 0 Å². The molecule has 0 aliphatic rings. The average molecular weight is 179 g/mol. The van der Waals surface area contributed by atoms with E-state index in [1.165, 1.54) is 6.33 Å². The van der Waals surface area contributed by atoms with Crippen LogP contribution < -0.4 is 0 Å². The van der Waals surface area contributed by atoms with Crippen molar-refractivity contribution >= 4 is 0 Å². The van der Waals surface area contributed by atoms with Gasteiger partial charge in [0.05, 0.1) is 6.54 Å². The highest BCUT2D eigenvalue weighted by Crippen LogP contribution is 2.03. The molecule has 0 fully saturated rings. The van der Waals surface area contributed by atoms with Crippen LogP contribution in [0.5, 0.6) is 0 Å². The first-order valence-corrected chi connectivity index (χ1v) is 4.19. The van der Waals surface area contributed by atoms with Crippen LogP contribution in [-0.2, 0) is 6.54 Å². The van der Waals surface area contributed by atoms with Crippen molar-refractivity contribution in [2.24, 2.45) is 0 Å². The molecule has 0 saturated carbocycles. The van der Waals surface area contributed by atoms with Gasteiger partial charge in [-0.2, -0.15) is 5.10 Å². The topological polar surface area (TPSA) is 50.9 Å². The molecule has 4 heteroatoms. The lowest BCUT2D eigenvalue weighted by Crippen LogP contribution is -2.28. The molecular formula is C9H13N3O. The second-order valence-electron chi connectivity index (χ2n) is 3.02. The molecule has 0 radical (unpaired) electrons. The summed E-state index contributed by atoms with van der Waals surface area (Å²) in [4.78, 5) is 3.78. The summed E-state index contributed by atoms with van der Waals surface area (Å²) in [5, 5.41) is 13.6. The molecule has 0 aliphatic heterocycles. The van der Waals surface area contributed by atoms with Gasteiger partial charge < -0.3 is 5.11 Å². The summed E-state index contributed by atoms with van der Waals surface area (Å²) in [6.07, 6.45) is 3.74. The Morgan fingerprint density at radius 1 is 1.62 bits per heavy atom.